The molecule has 1 atom stereocenters. The van der Waals surface area contributed by atoms with E-state index in [0.717, 1.165) is 51.6 Å². The van der Waals surface area contributed by atoms with Crippen molar-refractivity contribution in [1.29, 1.82) is 0 Å². The monoisotopic (exact) mass is 345 g/mol. The van der Waals surface area contributed by atoms with Crippen LogP contribution in [0.15, 0.2) is 30.3 Å². The number of benzene rings is 1. The predicted octanol–water partition coefficient (Wildman–Crippen LogP) is 2.08. The molecule has 2 fully saturated rings. The van der Waals surface area contributed by atoms with Gasteiger partial charge in [-0.05, 0) is 44.9 Å². The van der Waals surface area contributed by atoms with Gasteiger partial charge in [-0.3, -0.25) is 14.6 Å². The second-order valence-electron chi connectivity index (χ2n) is 7.50. The first-order valence-electron chi connectivity index (χ1n) is 9.53. The number of amides is 1. The molecule has 2 saturated heterocycles. The van der Waals surface area contributed by atoms with Gasteiger partial charge in [-0.25, -0.2) is 0 Å². The molecule has 1 amide bonds. The summed E-state index contributed by atoms with van der Waals surface area (Å²) in [7, 11) is 0. The van der Waals surface area contributed by atoms with Gasteiger partial charge in [0.1, 0.15) is 0 Å². The minimum absolute atomic E-state index is 0.168. The summed E-state index contributed by atoms with van der Waals surface area (Å²) in [6.45, 7) is 11.7. The minimum Gasteiger partial charge on any atom is -0.379 e. The third-order valence-electron chi connectivity index (χ3n) is 5.17. The molecule has 0 spiro atoms. The molecule has 25 heavy (non-hydrogen) atoms. The lowest BCUT2D eigenvalue weighted by Crippen LogP contribution is -2.44. The van der Waals surface area contributed by atoms with Crippen LogP contribution in [-0.4, -0.2) is 74.2 Å². The Kier molecular flexibility index (Phi) is 6.45. The van der Waals surface area contributed by atoms with Gasteiger partial charge in [0.25, 0.3) is 0 Å². The first-order chi connectivity index (χ1) is 12.1. The highest BCUT2D eigenvalue weighted by molar-refractivity contribution is 5.95. The van der Waals surface area contributed by atoms with Crippen molar-refractivity contribution in [1.82, 2.24) is 9.80 Å². The van der Waals surface area contributed by atoms with Crippen LogP contribution < -0.4 is 4.90 Å². The van der Waals surface area contributed by atoms with E-state index < -0.39 is 0 Å². The van der Waals surface area contributed by atoms with Crippen LogP contribution in [-0.2, 0) is 9.53 Å². The number of ether oxygens (including phenoxy) is 1. The molecule has 138 valence electrons. The van der Waals surface area contributed by atoms with E-state index in [2.05, 4.69) is 23.6 Å². The van der Waals surface area contributed by atoms with E-state index in [0.29, 0.717) is 12.5 Å². The normalized spacial score (nSPS) is 22.4. The molecule has 1 aromatic rings. The number of likely N-dealkylation sites (tertiary alicyclic amines) is 1. The fourth-order valence-corrected chi connectivity index (χ4v) is 3.94. The maximum atomic E-state index is 12.9. The van der Waals surface area contributed by atoms with E-state index in [4.69, 9.17) is 4.74 Å². The Morgan fingerprint density at radius 1 is 1.16 bits per heavy atom. The van der Waals surface area contributed by atoms with Gasteiger partial charge >= 0.3 is 0 Å². The van der Waals surface area contributed by atoms with Crippen LogP contribution >= 0.6 is 0 Å². The minimum atomic E-state index is 0.168. The van der Waals surface area contributed by atoms with Crippen LogP contribution in [0.4, 0.5) is 5.69 Å². The van der Waals surface area contributed by atoms with Gasteiger partial charge < -0.3 is 9.64 Å². The summed E-state index contributed by atoms with van der Waals surface area (Å²) in [6, 6.07) is 10.2. The van der Waals surface area contributed by atoms with E-state index >= 15 is 0 Å². The third-order valence-corrected chi connectivity index (χ3v) is 5.17. The van der Waals surface area contributed by atoms with E-state index in [1.165, 1.54) is 6.42 Å². The smallest absolute Gasteiger partial charge is 0.241 e. The van der Waals surface area contributed by atoms with Crippen LogP contribution in [0.3, 0.4) is 0 Å². The van der Waals surface area contributed by atoms with Crippen LogP contribution in [0.2, 0.25) is 0 Å². The summed E-state index contributed by atoms with van der Waals surface area (Å²) >= 11 is 0. The summed E-state index contributed by atoms with van der Waals surface area (Å²) in [5, 5.41) is 0. The van der Waals surface area contributed by atoms with E-state index in [-0.39, 0.29) is 11.9 Å². The molecule has 1 aromatic carbocycles. The van der Waals surface area contributed by atoms with Gasteiger partial charge in [-0.2, -0.15) is 0 Å². The fraction of sp³-hybridized carbons (Fsp3) is 0.650. The number of anilines is 1. The third kappa shape index (κ3) is 5.03. The number of morpholine rings is 1. The Morgan fingerprint density at radius 2 is 1.88 bits per heavy atom. The molecular formula is C20H31N3O2. The Bertz CT molecular complexity index is 543. The lowest BCUT2D eigenvalue weighted by Gasteiger charge is -2.30. The molecule has 0 aromatic heterocycles. The molecule has 0 saturated carbocycles. The molecule has 0 radical (unpaired) electrons. The number of carbonyl (C=O) groups excluding carboxylic acids is 1. The summed E-state index contributed by atoms with van der Waals surface area (Å²) in [6.07, 6.45) is 1.19. The highest BCUT2D eigenvalue weighted by Gasteiger charge is 2.28. The maximum absolute atomic E-state index is 12.9. The first-order valence-corrected chi connectivity index (χ1v) is 9.53. The second kappa shape index (κ2) is 8.79. The quantitative estimate of drug-likeness (QED) is 0.791. The van der Waals surface area contributed by atoms with Crippen molar-refractivity contribution in [2.45, 2.75) is 26.3 Å². The van der Waals surface area contributed by atoms with E-state index in [1.807, 2.05) is 35.2 Å². The Morgan fingerprint density at radius 3 is 2.56 bits per heavy atom. The van der Waals surface area contributed by atoms with Crippen LogP contribution in [0.1, 0.15) is 20.3 Å². The number of rotatable bonds is 6. The molecule has 0 aliphatic carbocycles. The SMILES string of the molecule is CC(C)N(C(=O)CN1CC[C@@H](CN2CCOCC2)C1)c1ccccc1. The van der Waals surface area contributed by atoms with Crippen molar-refractivity contribution >= 4 is 11.6 Å². The van der Waals surface area contributed by atoms with Crippen molar-refractivity contribution in [3.05, 3.63) is 30.3 Å². The average Bonchev–Trinajstić information content (AvgIpc) is 3.03. The van der Waals surface area contributed by atoms with Gasteiger partial charge in [0, 0.05) is 37.9 Å². The van der Waals surface area contributed by atoms with E-state index in [9.17, 15) is 4.79 Å². The number of hydrogen-bond donors (Lipinski definition) is 0. The number of nitrogens with zero attached hydrogens (tertiary/aromatic N) is 3. The number of carbonyl (C=O) groups is 1. The highest BCUT2D eigenvalue weighted by atomic mass is 16.5. The summed E-state index contributed by atoms with van der Waals surface area (Å²) in [4.78, 5) is 19.7. The number of hydrogen-bond acceptors (Lipinski definition) is 4. The van der Waals surface area contributed by atoms with Gasteiger partial charge in [0.15, 0.2) is 0 Å². The topological polar surface area (TPSA) is 36.0 Å². The van der Waals surface area contributed by atoms with Gasteiger partial charge in [-0.15, -0.1) is 0 Å². The summed E-state index contributed by atoms with van der Waals surface area (Å²) in [5.41, 5.74) is 0.992. The van der Waals surface area contributed by atoms with Gasteiger partial charge in [0.2, 0.25) is 5.91 Å². The molecule has 5 nitrogen and oxygen atoms in total. The van der Waals surface area contributed by atoms with Crippen LogP contribution in [0.25, 0.3) is 0 Å². The van der Waals surface area contributed by atoms with Crippen molar-refractivity contribution in [2.75, 3.05) is 57.4 Å². The molecule has 2 aliphatic heterocycles. The molecule has 2 aliphatic rings. The average molecular weight is 345 g/mol. The van der Waals surface area contributed by atoms with Crippen LogP contribution in [0.5, 0.6) is 0 Å². The van der Waals surface area contributed by atoms with Crippen LogP contribution in [0, 0.1) is 5.92 Å². The molecule has 0 unspecified atom stereocenters. The van der Waals surface area contributed by atoms with Gasteiger partial charge in [0.05, 0.1) is 19.8 Å². The molecule has 0 bridgehead atoms. The predicted molar refractivity (Wildman–Crippen MR) is 101 cm³/mol. The molecule has 0 N–H and O–H groups in total. The molecule has 5 heteroatoms. The molecular weight excluding hydrogens is 314 g/mol. The fourth-order valence-electron chi connectivity index (χ4n) is 3.94. The van der Waals surface area contributed by atoms with E-state index in [1.54, 1.807) is 0 Å². The van der Waals surface area contributed by atoms with Crippen molar-refractivity contribution < 1.29 is 9.53 Å². The zero-order valence-corrected chi connectivity index (χ0v) is 15.6. The summed E-state index contributed by atoms with van der Waals surface area (Å²) in [5.74, 6) is 0.878. The zero-order chi connectivity index (χ0) is 17.6. The largest absolute Gasteiger partial charge is 0.379 e. The lowest BCUT2D eigenvalue weighted by atomic mass is 10.1. The standard InChI is InChI=1S/C20H31N3O2/c1-17(2)23(19-6-4-3-5-7-19)20(24)16-22-9-8-18(15-22)14-21-10-12-25-13-11-21/h3-7,17-18H,8-16H2,1-2H3/t18-/m0/s1. The highest BCUT2D eigenvalue weighted by Crippen LogP contribution is 2.21. The van der Waals surface area contributed by atoms with Gasteiger partial charge in [-0.1, -0.05) is 18.2 Å². The number of para-hydroxylation sites is 1. The first kappa shape index (κ1) is 18.4. The molecule has 3 rings (SSSR count). The Labute approximate surface area is 151 Å². The molecule has 2 heterocycles. The second-order valence-corrected chi connectivity index (χ2v) is 7.50. The summed E-state index contributed by atoms with van der Waals surface area (Å²) < 4.78 is 5.43. The zero-order valence-electron chi connectivity index (χ0n) is 15.6. The van der Waals surface area contributed by atoms with Crippen molar-refractivity contribution in [3.63, 3.8) is 0 Å². The maximum Gasteiger partial charge on any atom is 0.241 e. The Hall–Kier alpha value is -1.43. The van der Waals surface area contributed by atoms with Crippen molar-refractivity contribution in [3.8, 4) is 0 Å². The lowest BCUT2D eigenvalue weighted by molar-refractivity contribution is -0.119. The van der Waals surface area contributed by atoms with Crippen molar-refractivity contribution in [2.24, 2.45) is 5.92 Å². The Balaban J connectivity index is 1.52.